The van der Waals surface area contributed by atoms with E-state index in [0.29, 0.717) is 18.4 Å². The van der Waals surface area contributed by atoms with Gasteiger partial charge >= 0.3 is 0 Å². The molecule has 22 heavy (non-hydrogen) atoms. The summed E-state index contributed by atoms with van der Waals surface area (Å²) in [4.78, 5) is 14.9. The zero-order chi connectivity index (χ0) is 15.4. The van der Waals surface area contributed by atoms with Crippen LogP contribution in [0.5, 0.6) is 5.88 Å². The van der Waals surface area contributed by atoms with Gasteiger partial charge < -0.3 is 9.64 Å². The maximum Gasteiger partial charge on any atom is 0.235 e. The number of anilines is 1. The summed E-state index contributed by atoms with van der Waals surface area (Å²) in [5.74, 6) is 1.22. The highest BCUT2D eigenvalue weighted by Crippen LogP contribution is 2.29. The quantitative estimate of drug-likeness (QED) is 0.835. The van der Waals surface area contributed by atoms with Crippen molar-refractivity contribution in [2.75, 3.05) is 24.6 Å². The monoisotopic (exact) mass is 362 g/mol. The van der Waals surface area contributed by atoms with Gasteiger partial charge in [0.1, 0.15) is 0 Å². The van der Waals surface area contributed by atoms with Crippen LogP contribution < -0.4 is 9.64 Å². The van der Waals surface area contributed by atoms with E-state index in [9.17, 15) is 0 Å². The Morgan fingerprint density at radius 3 is 2.73 bits per heavy atom. The normalized spacial score (nSPS) is 15.8. The molecule has 0 amide bonds. The van der Waals surface area contributed by atoms with Gasteiger partial charge in [-0.3, -0.25) is 9.97 Å². The number of ether oxygens (including phenoxy) is 1. The van der Waals surface area contributed by atoms with Crippen molar-refractivity contribution in [2.45, 2.75) is 19.8 Å². The van der Waals surface area contributed by atoms with Gasteiger partial charge in [-0.1, -0.05) is 0 Å². The zero-order valence-electron chi connectivity index (χ0n) is 12.6. The van der Waals surface area contributed by atoms with Crippen molar-refractivity contribution in [3.63, 3.8) is 0 Å². The van der Waals surface area contributed by atoms with Gasteiger partial charge in [0.15, 0.2) is 0 Å². The fourth-order valence-electron chi connectivity index (χ4n) is 2.70. The van der Waals surface area contributed by atoms with E-state index in [0.717, 1.165) is 36.1 Å². The third-order valence-electron chi connectivity index (χ3n) is 4.00. The first kappa shape index (κ1) is 15.2. The third kappa shape index (κ3) is 3.55. The first-order valence-electron chi connectivity index (χ1n) is 7.49. The minimum Gasteiger partial charge on any atom is -0.476 e. The van der Waals surface area contributed by atoms with Gasteiger partial charge in [-0.2, -0.15) is 0 Å². The van der Waals surface area contributed by atoms with Gasteiger partial charge in [0.2, 0.25) is 5.88 Å². The number of hydrogen-bond donors (Lipinski definition) is 0. The van der Waals surface area contributed by atoms with Gasteiger partial charge in [0, 0.05) is 37.9 Å². The molecule has 5 nitrogen and oxygen atoms in total. The summed E-state index contributed by atoms with van der Waals surface area (Å²) in [6.45, 7) is 4.71. The lowest BCUT2D eigenvalue weighted by atomic mass is 9.97. The second-order valence-electron chi connectivity index (χ2n) is 5.52. The number of aromatic nitrogens is 3. The first-order chi connectivity index (χ1) is 10.7. The molecule has 3 rings (SSSR count). The average molecular weight is 363 g/mol. The Labute approximate surface area is 138 Å². The molecule has 3 heterocycles. The largest absolute Gasteiger partial charge is 0.476 e. The summed E-state index contributed by atoms with van der Waals surface area (Å²) in [5.41, 5.74) is 2.07. The van der Waals surface area contributed by atoms with Crippen molar-refractivity contribution in [2.24, 2.45) is 5.92 Å². The fraction of sp³-hybridized carbons (Fsp3) is 0.438. The summed E-state index contributed by atoms with van der Waals surface area (Å²) in [5, 5.41) is 0. The number of rotatable bonds is 4. The number of piperidine rings is 1. The molecule has 1 aliphatic rings. The lowest BCUT2D eigenvalue weighted by Gasteiger charge is -2.33. The molecule has 2 aromatic heterocycles. The molecule has 0 unspecified atom stereocenters. The predicted octanol–water partition coefficient (Wildman–Crippen LogP) is 3.24. The van der Waals surface area contributed by atoms with Crippen LogP contribution in [0.1, 0.15) is 18.5 Å². The van der Waals surface area contributed by atoms with E-state index in [4.69, 9.17) is 4.74 Å². The predicted molar refractivity (Wildman–Crippen MR) is 89.1 cm³/mol. The Bertz CT molecular complexity index is 629. The van der Waals surface area contributed by atoms with Crippen LogP contribution in [0.3, 0.4) is 0 Å². The van der Waals surface area contributed by atoms with E-state index in [1.807, 2.05) is 19.3 Å². The number of aryl methyl sites for hydroxylation is 1. The molecule has 0 saturated carbocycles. The van der Waals surface area contributed by atoms with Crippen LogP contribution in [0.4, 0.5) is 5.69 Å². The highest BCUT2D eigenvalue weighted by atomic mass is 79.9. The molecule has 116 valence electrons. The molecule has 0 aromatic carbocycles. The Morgan fingerprint density at radius 1 is 1.23 bits per heavy atom. The van der Waals surface area contributed by atoms with Crippen molar-refractivity contribution >= 4 is 21.6 Å². The molecule has 0 atom stereocenters. The summed E-state index contributed by atoms with van der Waals surface area (Å²) in [6.07, 6.45) is 9.29. The molecule has 0 N–H and O–H groups in total. The smallest absolute Gasteiger partial charge is 0.235 e. The van der Waals surface area contributed by atoms with Crippen molar-refractivity contribution < 1.29 is 4.74 Å². The number of nitrogens with zero attached hydrogens (tertiary/aromatic N) is 4. The molecule has 1 fully saturated rings. The first-order valence-corrected chi connectivity index (χ1v) is 8.28. The molecule has 0 radical (unpaired) electrons. The van der Waals surface area contributed by atoms with Gasteiger partial charge in [0.05, 0.1) is 22.5 Å². The summed E-state index contributed by atoms with van der Waals surface area (Å²) >= 11 is 3.57. The van der Waals surface area contributed by atoms with Crippen molar-refractivity contribution in [1.29, 1.82) is 0 Å². The lowest BCUT2D eigenvalue weighted by molar-refractivity contribution is 0.214. The maximum absolute atomic E-state index is 5.83. The van der Waals surface area contributed by atoms with Gasteiger partial charge in [-0.25, -0.2) is 4.98 Å². The Hall–Kier alpha value is -1.69. The summed E-state index contributed by atoms with van der Waals surface area (Å²) in [7, 11) is 0. The Morgan fingerprint density at radius 2 is 2.00 bits per heavy atom. The molecule has 6 heteroatoms. The third-order valence-corrected chi connectivity index (χ3v) is 4.61. The van der Waals surface area contributed by atoms with Crippen LogP contribution in [-0.2, 0) is 0 Å². The van der Waals surface area contributed by atoms with Crippen molar-refractivity contribution in [3.8, 4) is 5.88 Å². The molecule has 0 spiro atoms. The van der Waals surface area contributed by atoms with Crippen LogP contribution in [0.2, 0.25) is 0 Å². The van der Waals surface area contributed by atoms with E-state index in [-0.39, 0.29) is 0 Å². The van der Waals surface area contributed by atoms with E-state index in [1.165, 1.54) is 5.69 Å². The number of pyridine rings is 1. The van der Waals surface area contributed by atoms with Crippen molar-refractivity contribution in [1.82, 2.24) is 15.0 Å². The minimum absolute atomic E-state index is 0.568. The van der Waals surface area contributed by atoms with Crippen molar-refractivity contribution in [3.05, 3.63) is 41.0 Å². The minimum atomic E-state index is 0.568. The van der Waals surface area contributed by atoms with Gasteiger partial charge in [-0.05, 0) is 47.7 Å². The molecule has 0 aliphatic carbocycles. The van der Waals surface area contributed by atoms with E-state index in [1.54, 1.807) is 12.4 Å². The number of hydrogen-bond acceptors (Lipinski definition) is 5. The molecule has 2 aromatic rings. The van der Waals surface area contributed by atoms with Crippen LogP contribution in [-0.4, -0.2) is 34.6 Å². The topological polar surface area (TPSA) is 51.1 Å². The van der Waals surface area contributed by atoms with E-state index >= 15 is 0 Å². The highest BCUT2D eigenvalue weighted by Gasteiger charge is 2.21. The van der Waals surface area contributed by atoms with E-state index < -0.39 is 0 Å². The van der Waals surface area contributed by atoms with Crippen LogP contribution in [0, 0.1) is 12.8 Å². The second kappa shape index (κ2) is 7.05. The van der Waals surface area contributed by atoms with Gasteiger partial charge in [0.25, 0.3) is 0 Å². The van der Waals surface area contributed by atoms with Crippen LogP contribution in [0.25, 0.3) is 0 Å². The number of halogens is 1. The molecule has 1 saturated heterocycles. The fourth-order valence-corrected chi connectivity index (χ4v) is 3.20. The average Bonchev–Trinajstić information content (AvgIpc) is 2.55. The second-order valence-corrected chi connectivity index (χ2v) is 6.37. The standard InChI is InChI=1S/C16H19BrN4O/c1-12-16(20-7-6-19-12)22-11-13-3-8-21(9-4-13)15-2-5-18-10-14(15)17/h2,5-7,10,13H,3-4,8-9,11H2,1H3. The summed E-state index contributed by atoms with van der Waals surface area (Å²) in [6, 6.07) is 2.06. The molecular weight excluding hydrogens is 344 g/mol. The summed E-state index contributed by atoms with van der Waals surface area (Å²) < 4.78 is 6.88. The van der Waals surface area contributed by atoms with Crippen LogP contribution >= 0.6 is 15.9 Å². The highest BCUT2D eigenvalue weighted by molar-refractivity contribution is 9.10. The Kier molecular flexibility index (Phi) is 4.87. The van der Waals surface area contributed by atoms with Crippen LogP contribution in [0.15, 0.2) is 35.3 Å². The lowest BCUT2D eigenvalue weighted by Crippen LogP contribution is -2.35. The molecule has 1 aliphatic heterocycles. The maximum atomic E-state index is 5.83. The van der Waals surface area contributed by atoms with Gasteiger partial charge in [-0.15, -0.1) is 0 Å². The Balaban J connectivity index is 1.52. The van der Waals surface area contributed by atoms with E-state index in [2.05, 4.69) is 41.8 Å². The zero-order valence-corrected chi connectivity index (χ0v) is 14.2. The SMILES string of the molecule is Cc1nccnc1OCC1CCN(c2ccncc2Br)CC1. The molecular formula is C16H19BrN4O. The molecule has 0 bridgehead atoms.